The average Bonchev–Trinajstić information content (AvgIpc) is 3.37. The maximum absolute atomic E-state index is 13.5. The third-order valence-electron chi connectivity index (χ3n) is 7.18. The Kier molecular flexibility index (Phi) is 9.99. The highest BCUT2D eigenvalue weighted by molar-refractivity contribution is 8.16. The van der Waals surface area contributed by atoms with Crippen LogP contribution in [0.2, 0.25) is 0 Å². The van der Waals surface area contributed by atoms with Gasteiger partial charge in [0.1, 0.15) is 12.4 Å². The van der Waals surface area contributed by atoms with Gasteiger partial charge in [-0.1, -0.05) is 54.2 Å². The number of nitrogens with zero attached hydrogens (tertiary/aromatic N) is 3. The average molecular weight is 591 g/mol. The lowest BCUT2D eigenvalue weighted by Gasteiger charge is -2.36. The number of aliphatic imine (C=N–C) groups is 1. The van der Waals surface area contributed by atoms with Crippen LogP contribution >= 0.6 is 11.8 Å². The smallest absolute Gasteiger partial charge is 0.338 e. The number of rotatable bonds is 11. The van der Waals surface area contributed by atoms with Gasteiger partial charge >= 0.3 is 5.97 Å². The molecule has 9 nitrogen and oxygen atoms in total. The Morgan fingerprint density at radius 2 is 1.90 bits per heavy atom. The fourth-order valence-electron chi connectivity index (χ4n) is 5.14. The summed E-state index contributed by atoms with van der Waals surface area (Å²) in [6, 6.07) is 17.2. The monoisotopic (exact) mass is 590 g/mol. The van der Waals surface area contributed by atoms with E-state index in [0.717, 1.165) is 54.8 Å². The van der Waals surface area contributed by atoms with Gasteiger partial charge in [-0.15, -0.1) is 0 Å². The zero-order valence-corrected chi connectivity index (χ0v) is 25.2. The Bertz CT molecular complexity index is 1370. The van der Waals surface area contributed by atoms with Crippen molar-refractivity contribution in [2.24, 2.45) is 4.99 Å². The molecule has 3 aliphatic rings. The highest BCUT2D eigenvalue weighted by Crippen LogP contribution is 2.45. The molecule has 10 heteroatoms. The van der Waals surface area contributed by atoms with Gasteiger partial charge in [-0.25, -0.2) is 9.79 Å². The van der Waals surface area contributed by atoms with Crippen LogP contribution in [0.25, 0.3) is 0 Å². The molecule has 0 bridgehead atoms. The number of amidine groups is 1. The molecule has 2 aromatic carbocycles. The number of thioether (sulfide) groups is 1. The largest absolute Gasteiger partial charge is 0.489 e. The van der Waals surface area contributed by atoms with Crippen molar-refractivity contribution in [3.63, 3.8) is 0 Å². The highest BCUT2D eigenvalue weighted by Gasteiger charge is 2.41. The van der Waals surface area contributed by atoms with E-state index in [2.05, 4.69) is 10.2 Å². The summed E-state index contributed by atoms with van der Waals surface area (Å²) < 4.78 is 17.2. The predicted octanol–water partition coefficient (Wildman–Crippen LogP) is 4.63. The number of ether oxygens (including phenoxy) is 3. The lowest BCUT2D eigenvalue weighted by Crippen LogP contribution is -2.42. The van der Waals surface area contributed by atoms with Gasteiger partial charge in [0.05, 0.1) is 43.1 Å². The molecule has 1 amide bonds. The summed E-state index contributed by atoms with van der Waals surface area (Å²) in [6.45, 7) is 10.5. The van der Waals surface area contributed by atoms with E-state index < -0.39 is 12.0 Å². The van der Waals surface area contributed by atoms with E-state index in [-0.39, 0.29) is 18.4 Å². The van der Waals surface area contributed by atoms with Gasteiger partial charge in [0.2, 0.25) is 5.91 Å². The second-order valence-corrected chi connectivity index (χ2v) is 11.5. The first-order valence-electron chi connectivity index (χ1n) is 14.4. The van der Waals surface area contributed by atoms with E-state index in [1.54, 1.807) is 0 Å². The van der Waals surface area contributed by atoms with E-state index in [1.807, 2.05) is 85.7 Å². The van der Waals surface area contributed by atoms with Gasteiger partial charge in [0.15, 0.2) is 5.17 Å². The molecular formula is C32H38N4O5S. The van der Waals surface area contributed by atoms with Crippen LogP contribution in [0, 0.1) is 0 Å². The number of nitrogens with one attached hydrogen (secondary N) is 1. The van der Waals surface area contributed by atoms with Crippen LogP contribution in [-0.2, 0) is 25.7 Å². The maximum Gasteiger partial charge on any atom is 0.338 e. The van der Waals surface area contributed by atoms with Gasteiger partial charge in [-0.2, -0.15) is 0 Å². The Labute approximate surface area is 251 Å². The van der Waals surface area contributed by atoms with Crippen LogP contribution in [0.3, 0.4) is 0 Å². The van der Waals surface area contributed by atoms with Crippen LogP contribution in [0.1, 0.15) is 44.4 Å². The molecule has 5 rings (SSSR count). The minimum atomic E-state index is -0.522. The molecule has 222 valence electrons. The fourth-order valence-corrected chi connectivity index (χ4v) is 6.11. The quantitative estimate of drug-likeness (QED) is 0.379. The molecule has 0 saturated carbocycles. The van der Waals surface area contributed by atoms with Crippen LogP contribution < -0.4 is 10.1 Å². The number of esters is 1. The molecule has 1 N–H and O–H groups in total. The summed E-state index contributed by atoms with van der Waals surface area (Å²) in [6.07, 6.45) is -0.119. The van der Waals surface area contributed by atoms with Crippen molar-refractivity contribution in [2.45, 2.75) is 45.9 Å². The van der Waals surface area contributed by atoms with Gasteiger partial charge in [0.25, 0.3) is 0 Å². The number of morpholine rings is 1. The normalized spacial score (nSPS) is 18.9. The highest BCUT2D eigenvalue weighted by atomic mass is 32.2. The molecular weight excluding hydrogens is 552 g/mol. The number of hydrogen-bond acceptors (Lipinski definition) is 9. The van der Waals surface area contributed by atoms with Crippen molar-refractivity contribution in [1.29, 1.82) is 0 Å². The van der Waals surface area contributed by atoms with E-state index in [4.69, 9.17) is 19.2 Å². The molecule has 0 spiro atoms. The minimum Gasteiger partial charge on any atom is -0.489 e. The zero-order valence-electron chi connectivity index (χ0n) is 24.4. The van der Waals surface area contributed by atoms with Crippen molar-refractivity contribution in [1.82, 2.24) is 15.1 Å². The Morgan fingerprint density at radius 3 is 2.67 bits per heavy atom. The topological polar surface area (TPSA) is 92.7 Å². The summed E-state index contributed by atoms with van der Waals surface area (Å²) in [5.41, 5.74) is 3.75. The molecule has 1 atom stereocenters. The third-order valence-corrected chi connectivity index (χ3v) is 8.07. The summed E-state index contributed by atoms with van der Waals surface area (Å²) in [7, 11) is 0. The van der Waals surface area contributed by atoms with Crippen molar-refractivity contribution >= 4 is 28.8 Å². The fraction of sp³-hybridized carbons (Fsp3) is 0.406. The lowest BCUT2D eigenvalue weighted by molar-refractivity contribution is -0.143. The Hall–Kier alpha value is -3.60. The maximum atomic E-state index is 13.5. The van der Waals surface area contributed by atoms with Crippen molar-refractivity contribution in [3.05, 3.63) is 88.1 Å². The number of carbonyl (C=O) groups is 2. The Morgan fingerprint density at radius 1 is 1.12 bits per heavy atom. The van der Waals surface area contributed by atoms with Crippen molar-refractivity contribution < 1.29 is 23.8 Å². The van der Waals surface area contributed by atoms with Gasteiger partial charge in [-0.3, -0.25) is 9.69 Å². The second-order valence-electron chi connectivity index (χ2n) is 10.7. The number of carbonyl (C=O) groups excluding carboxylic acids is 2. The summed E-state index contributed by atoms with van der Waals surface area (Å²) in [4.78, 5) is 35.6. The third kappa shape index (κ3) is 7.42. The molecule has 2 aromatic rings. The van der Waals surface area contributed by atoms with Crippen LogP contribution in [-0.4, -0.2) is 72.3 Å². The number of hydrogen-bond donors (Lipinski definition) is 1. The van der Waals surface area contributed by atoms with Crippen molar-refractivity contribution in [2.75, 3.05) is 39.4 Å². The van der Waals surface area contributed by atoms with Crippen LogP contribution in [0.15, 0.2) is 82.0 Å². The zero-order chi connectivity index (χ0) is 29.5. The SMILES string of the molecule is CC1=C(C(=O)OC(C)C)[C@@H](c2cccc(OCc3ccccc3)c2)N2C(CC(=O)NCCN3CCOCC3)=CSC2=N1. The first kappa shape index (κ1) is 29.9. The molecule has 0 aromatic heterocycles. The van der Waals surface area contributed by atoms with Crippen LogP contribution in [0.4, 0.5) is 0 Å². The van der Waals surface area contributed by atoms with Gasteiger partial charge in [-0.05, 0) is 49.4 Å². The number of allylic oxidation sites excluding steroid dienone is 1. The van der Waals surface area contributed by atoms with E-state index in [9.17, 15) is 9.59 Å². The summed E-state index contributed by atoms with van der Waals surface area (Å²) >= 11 is 1.46. The Balaban J connectivity index is 1.36. The van der Waals surface area contributed by atoms with Gasteiger partial charge in [0, 0.05) is 31.9 Å². The molecule has 3 heterocycles. The molecule has 0 aliphatic carbocycles. The molecule has 42 heavy (non-hydrogen) atoms. The first-order valence-corrected chi connectivity index (χ1v) is 15.3. The number of fused-ring (bicyclic) bond motifs is 1. The molecule has 0 unspecified atom stereocenters. The van der Waals surface area contributed by atoms with E-state index in [1.165, 1.54) is 11.8 Å². The molecule has 1 saturated heterocycles. The minimum absolute atomic E-state index is 0.0763. The van der Waals surface area contributed by atoms with E-state index >= 15 is 0 Å². The standard InChI is InChI=1S/C32H38N4O5S/c1-22(2)41-31(38)29-23(3)34-32-36(26(21-42-32)19-28(37)33-12-13-35-14-16-39-17-15-35)30(29)25-10-7-11-27(18-25)40-20-24-8-5-4-6-9-24/h4-11,18,21-22,30H,12-17,19-20H2,1-3H3,(H,33,37)/t30-/m1/s1. The first-order chi connectivity index (χ1) is 20.4. The number of amides is 1. The number of benzene rings is 2. The van der Waals surface area contributed by atoms with E-state index in [0.29, 0.717) is 30.2 Å². The molecule has 1 fully saturated rings. The van der Waals surface area contributed by atoms with Gasteiger partial charge < -0.3 is 24.4 Å². The van der Waals surface area contributed by atoms with Crippen LogP contribution in [0.5, 0.6) is 5.75 Å². The summed E-state index contributed by atoms with van der Waals surface area (Å²) in [5.74, 6) is 0.192. The second kappa shape index (κ2) is 14.0. The molecule has 0 radical (unpaired) electrons. The predicted molar refractivity (Wildman–Crippen MR) is 164 cm³/mol. The van der Waals surface area contributed by atoms with Crippen molar-refractivity contribution in [3.8, 4) is 5.75 Å². The lowest BCUT2D eigenvalue weighted by atomic mass is 9.93. The summed E-state index contributed by atoms with van der Waals surface area (Å²) in [5, 5.41) is 5.73. The molecule has 3 aliphatic heterocycles.